The SMILES string of the molecule is CC(NCCC(C)(C)C)c1cc(N)no1. The number of nitrogens with one attached hydrogen (secondary N) is 1. The maximum absolute atomic E-state index is 5.48. The highest BCUT2D eigenvalue weighted by atomic mass is 16.5. The predicted octanol–water partition coefficient (Wildman–Crippen LogP) is 2.34. The van der Waals surface area contributed by atoms with E-state index in [0.717, 1.165) is 18.7 Å². The van der Waals surface area contributed by atoms with Crippen LogP contribution in [0.25, 0.3) is 0 Å². The second-order valence-corrected chi connectivity index (χ2v) is 5.14. The van der Waals surface area contributed by atoms with E-state index in [9.17, 15) is 0 Å². The molecule has 0 bridgehead atoms. The molecular weight excluding hydrogens is 190 g/mol. The predicted molar refractivity (Wildman–Crippen MR) is 61.4 cm³/mol. The molecule has 3 N–H and O–H groups in total. The second-order valence-electron chi connectivity index (χ2n) is 5.14. The van der Waals surface area contributed by atoms with Gasteiger partial charge in [0.25, 0.3) is 0 Å². The van der Waals surface area contributed by atoms with Crippen LogP contribution in [-0.2, 0) is 0 Å². The van der Waals surface area contributed by atoms with E-state index in [0.29, 0.717) is 11.2 Å². The van der Waals surface area contributed by atoms with Gasteiger partial charge in [0.1, 0.15) is 0 Å². The van der Waals surface area contributed by atoms with E-state index in [1.807, 2.05) is 6.92 Å². The number of nitrogens with two attached hydrogens (primary N) is 1. The van der Waals surface area contributed by atoms with Gasteiger partial charge in [0, 0.05) is 6.07 Å². The Labute approximate surface area is 91.2 Å². The molecule has 0 saturated heterocycles. The lowest BCUT2D eigenvalue weighted by atomic mass is 9.92. The van der Waals surface area contributed by atoms with Crippen LogP contribution in [0, 0.1) is 5.41 Å². The Hall–Kier alpha value is -1.03. The molecule has 0 aliphatic heterocycles. The summed E-state index contributed by atoms with van der Waals surface area (Å²) in [6.07, 6.45) is 1.13. The Kier molecular flexibility index (Phi) is 3.74. The Bertz CT molecular complexity index is 301. The van der Waals surface area contributed by atoms with Gasteiger partial charge in [-0.15, -0.1) is 0 Å². The maximum atomic E-state index is 5.48. The summed E-state index contributed by atoms with van der Waals surface area (Å²) in [6.45, 7) is 9.69. The fourth-order valence-corrected chi connectivity index (χ4v) is 1.27. The topological polar surface area (TPSA) is 64.1 Å². The van der Waals surface area contributed by atoms with Crippen LogP contribution in [0.2, 0.25) is 0 Å². The fraction of sp³-hybridized carbons (Fsp3) is 0.727. The van der Waals surface area contributed by atoms with E-state index in [-0.39, 0.29) is 6.04 Å². The summed E-state index contributed by atoms with van der Waals surface area (Å²) in [5.74, 6) is 1.23. The van der Waals surface area contributed by atoms with Crippen molar-refractivity contribution in [3.63, 3.8) is 0 Å². The van der Waals surface area contributed by atoms with Crippen molar-refractivity contribution in [2.75, 3.05) is 12.3 Å². The molecule has 4 heteroatoms. The molecule has 1 atom stereocenters. The van der Waals surface area contributed by atoms with Gasteiger partial charge in [-0.25, -0.2) is 0 Å². The zero-order chi connectivity index (χ0) is 11.5. The number of nitrogens with zero attached hydrogens (tertiary/aromatic N) is 1. The van der Waals surface area contributed by atoms with Gasteiger partial charge < -0.3 is 15.6 Å². The lowest BCUT2D eigenvalue weighted by molar-refractivity contribution is 0.323. The summed E-state index contributed by atoms with van der Waals surface area (Å²) in [4.78, 5) is 0. The Morgan fingerprint density at radius 3 is 2.67 bits per heavy atom. The van der Waals surface area contributed by atoms with E-state index in [4.69, 9.17) is 10.3 Å². The smallest absolute Gasteiger partial charge is 0.167 e. The third-order valence-electron chi connectivity index (χ3n) is 2.30. The molecule has 0 amide bonds. The summed E-state index contributed by atoms with van der Waals surface area (Å²) in [7, 11) is 0. The minimum Gasteiger partial charge on any atom is -0.381 e. The van der Waals surface area contributed by atoms with Crippen molar-refractivity contribution in [1.29, 1.82) is 0 Å². The molecule has 1 unspecified atom stereocenters. The summed E-state index contributed by atoms with van der Waals surface area (Å²) >= 11 is 0. The van der Waals surface area contributed by atoms with Crippen LogP contribution in [-0.4, -0.2) is 11.7 Å². The minimum absolute atomic E-state index is 0.164. The monoisotopic (exact) mass is 211 g/mol. The quantitative estimate of drug-likeness (QED) is 0.802. The van der Waals surface area contributed by atoms with Gasteiger partial charge in [-0.05, 0) is 25.3 Å². The summed E-state index contributed by atoms with van der Waals surface area (Å²) in [5, 5.41) is 7.04. The number of aromatic nitrogens is 1. The van der Waals surface area contributed by atoms with Gasteiger partial charge in [-0.3, -0.25) is 0 Å². The third-order valence-corrected chi connectivity index (χ3v) is 2.30. The van der Waals surface area contributed by atoms with E-state index in [2.05, 4.69) is 31.2 Å². The standard InChI is InChI=1S/C11H21N3O/c1-8(9-7-10(12)14-15-9)13-6-5-11(2,3)4/h7-8,13H,5-6H2,1-4H3,(H2,12,14). The van der Waals surface area contributed by atoms with Crippen molar-refractivity contribution < 1.29 is 4.52 Å². The lowest BCUT2D eigenvalue weighted by Crippen LogP contribution is -2.23. The highest BCUT2D eigenvalue weighted by Crippen LogP contribution is 2.19. The number of rotatable bonds is 4. The lowest BCUT2D eigenvalue weighted by Gasteiger charge is -2.19. The number of nitrogen functional groups attached to an aromatic ring is 1. The molecule has 1 aromatic rings. The van der Waals surface area contributed by atoms with Gasteiger partial charge in [0.15, 0.2) is 11.6 Å². The van der Waals surface area contributed by atoms with Crippen LogP contribution in [0.5, 0.6) is 0 Å². The zero-order valence-electron chi connectivity index (χ0n) is 10.0. The van der Waals surface area contributed by atoms with Crippen LogP contribution >= 0.6 is 0 Å². The number of hydrogen-bond acceptors (Lipinski definition) is 4. The van der Waals surface area contributed by atoms with Crippen LogP contribution in [0.1, 0.15) is 45.9 Å². The average molecular weight is 211 g/mol. The Morgan fingerprint density at radius 1 is 1.53 bits per heavy atom. The highest BCUT2D eigenvalue weighted by Gasteiger charge is 2.13. The molecule has 0 radical (unpaired) electrons. The van der Waals surface area contributed by atoms with Gasteiger partial charge in [-0.1, -0.05) is 25.9 Å². The van der Waals surface area contributed by atoms with Crippen molar-refractivity contribution in [3.05, 3.63) is 11.8 Å². The first kappa shape index (κ1) is 12.0. The van der Waals surface area contributed by atoms with E-state index >= 15 is 0 Å². The van der Waals surface area contributed by atoms with Crippen LogP contribution in [0.15, 0.2) is 10.6 Å². The van der Waals surface area contributed by atoms with E-state index in [1.165, 1.54) is 0 Å². The van der Waals surface area contributed by atoms with Gasteiger partial charge >= 0.3 is 0 Å². The molecule has 0 saturated carbocycles. The largest absolute Gasteiger partial charge is 0.381 e. The molecule has 1 rings (SSSR count). The molecular formula is C11H21N3O. The molecule has 1 aromatic heterocycles. The summed E-state index contributed by atoms with van der Waals surface area (Å²) < 4.78 is 5.07. The van der Waals surface area contributed by atoms with Crippen molar-refractivity contribution in [2.24, 2.45) is 5.41 Å². The van der Waals surface area contributed by atoms with Gasteiger partial charge in [0.2, 0.25) is 0 Å². The van der Waals surface area contributed by atoms with Crippen LogP contribution in [0.3, 0.4) is 0 Å². The molecule has 0 aliphatic carbocycles. The molecule has 0 spiro atoms. The Balaban J connectivity index is 2.34. The third kappa shape index (κ3) is 4.34. The second kappa shape index (κ2) is 4.66. The van der Waals surface area contributed by atoms with Gasteiger partial charge in [-0.2, -0.15) is 0 Å². The van der Waals surface area contributed by atoms with Crippen molar-refractivity contribution in [1.82, 2.24) is 10.5 Å². The summed E-state index contributed by atoms with van der Waals surface area (Å²) in [5.41, 5.74) is 5.84. The molecule has 15 heavy (non-hydrogen) atoms. The highest BCUT2D eigenvalue weighted by molar-refractivity contribution is 5.27. The van der Waals surface area contributed by atoms with E-state index in [1.54, 1.807) is 6.07 Å². The molecule has 0 aromatic carbocycles. The molecule has 86 valence electrons. The molecule has 0 aliphatic rings. The molecule has 4 nitrogen and oxygen atoms in total. The van der Waals surface area contributed by atoms with Crippen molar-refractivity contribution in [2.45, 2.75) is 40.2 Å². The summed E-state index contributed by atoms with van der Waals surface area (Å²) in [6, 6.07) is 1.92. The molecule has 1 heterocycles. The molecule has 0 fully saturated rings. The number of hydrogen-bond donors (Lipinski definition) is 2. The number of anilines is 1. The Morgan fingerprint density at radius 2 is 2.20 bits per heavy atom. The normalized spacial score (nSPS) is 14.1. The zero-order valence-corrected chi connectivity index (χ0v) is 10.0. The minimum atomic E-state index is 0.164. The maximum Gasteiger partial charge on any atom is 0.167 e. The van der Waals surface area contributed by atoms with E-state index < -0.39 is 0 Å². The first-order valence-corrected chi connectivity index (χ1v) is 5.34. The van der Waals surface area contributed by atoms with Gasteiger partial charge in [0.05, 0.1) is 6.04 Å². The average Bonchev–Trinajstić information content (AvgIpc) is 2.49. The fourth-order valence-electron chi connectivity index (χ4n) is 1.27. The van der Waals surface area contributed by atoms with Crippen molar-refractivity contribution >= 4 is 5.82 Å². The van der Waals surface area contributed by atoms with Crippen LogP contribution in [0.4, 0.5) is 5.82 Å². The van der Waals surface area contributed by atoms with Crippen LogP contribution < -0.4 is 11.1 Å². The first-order valence-electron chi connectivity index (χ1n) is 5.34. The van der Waals surface area contributed by atoms with Crippen molar-refractivity contribution in [3.8, 4) is 0 Å². The first-order chi connectivity index (χ1) is 6.88.